The molecule has 28 heavy (non-hydrogen) atoms. The first-order valence-corrected chi connectivity index (χ1v) is 10.1. The Morgan fingerprint density at radius 2 is 2.11 bits per heavy atom. The molecule has 4 rings (SSSR count). The third kappa shape index (κ3) is 4.19. The minimum atomic E-state index is -0.562. The van der Waals surface area contributed by atoms with E-state index in [-0.39, 0.29) is 11.9 Å². The van der Waals surface area contributed by atoms with E-state index in [1.165, 1.54) is 24.0 Å². The van der Waals surface area contributed by atoms with Crippen molar-refractivity contribution in [2.75, 3.05) is 13.2 Å². The summed E-state index contributed by atoms with van der Waals surface area (Å²) in [4.78, 5) is 14.3. The number of carbonyl (C=O) groups excluding carboxylic acids is 1. The Labute approximate surface area is 164 Å². The van der Waals surface area contributed by atoms with Crippen LogP contribution in [0.4, 0.5) is 0 Å². The van der Waals surface area contributed by atoms with E-state index in [1.54, 1.807) is 11.8 Å². The van der Waals surface area contributed by atoms with Gasteiger partial charge in [0.1, 0.15) is 11.8 Å². The molecule has 2 aromatic rings. The first-order chi connectivity index (χ1) is 13.6. The number of benzene rings is 1. The van der Waals surface area contributed by atoms with E-state index in [2.05, 4.69) is 22.3 Å². The van der Waals surface area contributed by atoms with Crippen LogP contribution in [0.1, 0.15) is 61.1 Å². The molecule has 7 nitrogen and oxygen atoms in total. The van der Waals surface area contributed by atoms with E-state index in [1.807, 2.05) is 6.07 Å². The van der Waals surface area contributed by atoms with Crippen LogP contribution < -0.4 is 4.74 Å². The van der Waals surface area contributed by atoms with Gasteiger partial charge >= 0.3 is 0 Å². The zero-order valence-electron chi connectivity index (χ0n) is 16.3. The van der Waals surface area contributed by atoms with E-state index >= 15 is 0 Å². The highest BCUT2D eigenvalue weighted by Crippen LogP contribution is 2.32. The second-order valence-electron chi connectivity index (χ2n) is 7.70. The van der Waals surface area contributed by atoms with Crippen molar-refractivity contribution in [2.24, 2.45) is 0 Å². The monoisotopic (exact) mass is 385 g/mol. The Kier molecular flexibility index (Phi) is 5.62. The van der Waals surface area contributed by atoms with Crippen LogP contribution in [-0.2, 0) is 17.6 Å². The van der Waals surface area contributed by atoms with Gasteiger partial charge < -0.3 is 19.2 Å². The van der Waals surface area contributed by atoms with Crippen LogP contribution in [0.25, 0.3) is 0 Å². The number of amides is 1. The van der Waals surface area contributed by atoms with Gasteiger partial charge in [-0.3, -0.25) is 4.79 Å². The number of hydrogen-bond acceptors (Lipinski definition) is 6. The molecule has 1 aromatic heterocycles. The third-order valence-electron chi connectivity index (χ3n) is 5.55. The number of aliphatic hydroxyl groups excluding tert-OH is 1. The molecule has 1 amide bonds. The van der Waals surface area contributed by atoms with Crippen molar-refractivity contribution >= 4 is 5.91 Å². The van der Waals surface area contributed by atoms with Gasteiger partial charge in [0, 0.05) is 26.3 Å². The molecule has 0 radical (unpaired) electrons. The summed E-state index contributed by atoms with van der Waals surface area (Å²) in [6.07, 6.45) is 5.65. The number of aromatic nitrogens is 2. The Morgan fingerprint density at radius 1 is 1.29 bits per heavy atom. The Hall–Kier alpha value is -2.41. The minimum absolute atomic E-state index is 0.0218. The molecule has 0 bridgehead atoms. The largest absolute Gasteiger partial charge is 0.494 e. The summed E-state index contributed by atoms with van der Waals surface area (Å²) >= 11 is 0. The average molecular weight is 385 g/mol. The van der Waals surface area contributed by atoms with Gasteiger partial charge in [0.05, 0.1) is 12.7 Å². The summed E-state index contributed by atoms with van der Waals surface area (Å²) < 4.78 is 11.3. The van der Waals surface area contributed by atoms with Crippen LogP contribution in [0.3, 0.4) is 0 Å². The number of aryl methyl sites for hydroxylation is 3. The fourth-order valence-corrected chi connectivity index (χ4v) is 4.13. The quantitative estimate of drug-likeness (QED) is 0.769. The summed E-state index contributed by atoms with van der Waals surface area (Å²) in [6.45, 7) is 2.51. The Morgan fingerprint density at radius 3 is 2.89 bits per heavy atom. The highest BCUT2D eigenvalue weighted by Gasteiger charge is 2.38. The zero-order valence-corrected chi connectivity index (χ0v) is 16.3. The Bertz CT molecular complexity index is 835. The van der Waals surface area contributed by atoms with Gasteiger partial charge in [-0.05, 0) is 55.4 Å². The fraction of sp³-hybridized carbons (Fsp3) is 0.571. The lowest BCUT2D eigenvalue weighted by atomic mass is 9.92. The second kappa shape index (κ2) is 8.31. The van der Waals surface area contributed by atoms with Crippen LogP contribution >= 0.6 is 0 Å². The Balaban J connectivity index is 1.28. The molecule has 2 heterocycles. The summed E-state index contributed by atoms with van der Waals surface area (Å²) in [5.41, 5.74) is 2.83. The van der Waals surface area contributed by atoms with Gasteiger partial charge in [0.25, 0.3) is 0 Å². The molecule has 1 fully saturated rings. The van der Waals surface area contributed by atoms with Gasteiger partial charge in [-0.1, -0.05) is 6.07 Å². The van der Waals surface area contributed by atoms with Gasteiger partial charge in [-0.25, -0.2) is 0 Å². The number of β-amino-alcohol motifs (C(OH)–C–C–N with tert-alkyl or cyclic N) is 1. The van der Waals surface area contributed by atoms with E-state index in [0.29, 0.717) is 44.2 Å². The standard InChI is InChI=1S/C21H27N3O4/c1-14-22-23-21(28-14)19-12-17(25)13-24(19)20(26)7-4-10-27-18-9-8-15-5-2-3-6-16(15)11-18/h8-9,11,17,19,25H,2-7,10,12-13H2,1H3/t17-,19-/m1/s1. The van der Waals surface area contributed by atoms with Crippen molar-refractivity contribution in [3.63, 3.8) is 0 Å². The summed E-state index contributed by atoms with van der Waals surface area (Å²) in [5.74, 6) is 1.71. The maximum absolute atomic E-state index is 12.7. The number of aliphatic hydroxyl groups is 1. The lowest BCUT2D eigenvalue weighted by Crippen LogP contribution is -2.32. The van der Waals surface area contributed by atoms with Gasteiger partial charge in [-0.2, -0.15) is 0 Å². The lowest BCUT2D eigenvalue weighted by Gasteiger charge is -2.21. The number of ether oxygens (including phenoxy) is 1. The van der Waals surface area contributed by atoms with Crippen LogP contribution in [0, 0.1) is 6.92 Å². The number of likely N-dealkylation sites (tertiary alicyclic amines) is 1. The van der Waals surface area contributed by atoms with Crippen LogP contribution in [0.5, 0.6) is 5.75 Å². The molecule has 7 heteroatoms. The maximum atomic E-state index is 12.7. The number of hydrogen-bond donors (Lipinski definition) is 1. The first-order valence-electron chi connectivity index (χ1n) is 10.1. The van der Waals surface area contributed by atoms with Crippen molar-refractivity contribution in [3.8, 4) is 5.75 Å². The molecule has 0 spiro atoms. The van der Waals surface area contributed by atoms with Gasteiger partial charge in [-0.15, -0.1) is 10.2 Å². The molecule has 1 aliphatic heterocycles. The number of rotatable bonds is 6. The number of nitrogens with zero attached hydrogens (tertiary/aromatic N) is 3. The van der Waals surface area contributed by atoms with E-state index < -0.39 is 6.10 Å². The average Bonchev–Trinajstić information content (AvgIpc) is 3.30. The number of fused-ring (bicyclic) bond motifs is 1. The predicted molar refractivity (Wildman–Crippen MR) is 102 cm³/mol. The molecular weight excluding hydrogens is 358 g/mol. The van der Waals surface area contributed by atoms with Gasteiger partial charge in [0.2, 0.25) is 17.7 Å². The molecular formula is C21H27N3O4. The molecule has 150 valence electrons. The fourth-order valence-electron chi connectivity index (χ4n) is 4.13. The molecule has 0 unspecified atom stereocenters. The smallest absolute Gasteiger partial charge is 0.239 e. The highest BCUT2D eigenvalue weighted by atomic mass is 16.5. The topological polar surface area (TPSA) is 88.7 Å². The third-order valence-corrected chi connectivity index (χ3v) is 5.55. The van der Waals surface area contributed by atoms with Crippen molar-refractivity contribution in [3.05, 3.63) is 41.1 Å². The first kappa shape index (κ1) is 18.9. The molecule has 2 atom stereocenters. The molecule has 1 saturated heterocycles. The molecule has 1 aromatic carbocycles. The van der Waals surface area contributed by atoms with Gasteiger partial charge in [0.15, 0.2) is 0 Å². The number of carbonyl (C=O) groups is 1. The van der Waals surface area contributed by atoms with E-state index in [4.69, 9.17) is 9.15 Å². The normalized spacial score (nSPS) is 21.6. The zero-order chi connectivity index (χ0) is 19.5. The minimum Gasteiger partial charge on any atom is -0.494 e. The second-order valence-corrected chi connectivity index (χ2v) is 7.70. The summed E-state index contributed by atoms with van der Waals surface area (Å²) in [6, 6.07) is 5.99. The van der Waals surface area contributed by atoms with Crippen molar-refractivity contribution in [2.45, 2.75) is 64.0 Å². The van der Waals surface area contributed by atoms with Crippen LogP contribution in [0.2, 0.25) is 0 Å². The van der Waals surface area contributed by atoms with E-state index in [0.717, 1.165) is 18.6 Å². The summed E-state index contributed by atoms with van der Waals surface area (Å²) in [5, 5.41) is 17.8. The molecule has 1 N–H and O–H groups in total. The lowest BCUT2D eigenvalue weighted by molar-refractivity contribution is -0.133. The summed E-state index contributed by atoms with van der Waals surface area (Å²) in [7, 11) is 0. The molecule has 2 aliphatic rings. The van der Waals surface area contributed by atoms with Crippen LogP contribution in [0.15, 0.2) is 22.6 Å². The van der Waals surface area contributed by atoms with Crippen molar-refractivity contribution < 1.29 is 19.1 Å². The molecule has 1 aliphatic carbocycles. The van der Waals surface area contributed by atoms with Crippen molar-refractivity contribution in [1.29, 1.82) is 0 Å². The maximum Gasteiger partial charge on any atom is 0.239 e. The predicted octanol–water partition coefficient (Wildman–Crippen LogP) is 2.75. The van der Waals surface area contributed by atoms with E-state index in [9.17, 15) is 9.90 Å². The SMILES string of the molecule is Cc1nnc([C@H]2C[C@@H](O)CN2C(=O)CCCOc2ccc3c(c2)CCCC3)o1. The van der Waals surface area contributed by atoms with Crippen LogP contribution in [-0.4, -0.2) is 45.4 Å². The molecule has 0 saturated carbocycles. The van der Waals surface area contributed by atoms with Crippen molar-refractivity contribution in [1.82, 2.24) is 15.1 Å². The highest BCUT2D eigenvalue weighted by molar-refractivity contribution is 5.77.